The van der Waals surface area contributed by atoms with E-state index >= 15 is 0 Å². The molecule has 0 radical (unpaired) electrons. The van der Waals surface area contributed by atoms with E-state index in [9.17, 15) is 14.9 Å². The smallest absolute Gasteiger partial charge is 0.288 e. The van der Waals surface area contributed by atoms with Gasteiger partial charge in [0.05, 0.1) is 30.0 Å². The molecule has 3 aromatic rings. The van der Waals surface area contributed by atoms with Crippen molar-refractivity contribution < 1.29 is 14.5 Å². The number of carbonyl (C=O) groups excluding carboxylic acids is 1. The number of ether oxygens (including phenoxy) is 1. The second-order valence-corrected chi connectivity index (χ2v) is 6.14. The van der Waals surface area contributed by atoms with Crippen LogP contribution >= 0.6 is 11.6 Å². The number of methoxy groups -OCH3 is 1. The zero-order chi connectivity index (χ0) is 20.1. The molecule has 9 heteroatoms. The molecule has 1 heterocycles. The van der Waals surface area contributed by atoms with E-state index in [1.54, 1.807) is 13.2 Å². The topological polar surface area (TPSA) is 107 Å². The van der Waals surface area contributed by atoms with E-state index in [-0.39, 0.29) is 22.8 Å². The number of nitro groups is 1. The predicted octanol–water partition coefficient (Wildman–Crippen LogP) is 3.64. The average Bonchev–Trinajstić information content (AvgIpc) is 2.72. The molecule has 0 aliphatic carbocycles. The minimum atomic E-state index is -0.634. The molecule has 0 spiro atoms. The molecule has 28 heavy (non-hydrogen) atoms. The number of rotatable bonds is 6. The second kappa shape index (κ2) is 8.45. The fourth-order valence-electron chi connectivity index (χ4n) is 2.48. The molecular weight excluding hydrogens is 384 g/mol. The lowest BCUT2D eigenvalue weighted by atomic mass is 10.1. The van der Waals surface area contributed by atoms with Gasteiger partial charge in [0.15, 0.2) is 0 Å². The van der Waals surface area contributed by atoms with Crippen LogP contribution in [-0.4, -0.2) is 27.9 Å². The molecule has 0 unspecified atom stereocenters. The van der Waals surface area contributed by atoms with E-state index in [4.69, 9.17) is 16.3 Å². The number of amides is 1. The number of hydrogen-bond donors (Lipinski definition) is 1. The normalized spacial score (nSPS) is 10.4. The van der Waals surface area contributed by atoms with Crippen molar-refractivity contribution in [2.24, 2.45) is 0 Å². The van der Waals surface area contributed by atoms with Crippen molar-refractivity contribution in [1.82, 2.24) is 15.3 Å². The highest BCUT2D eigenvalue weighted by Crippen LogP contribution is 2.25. The Balaban J connectivity index is 1.71. The van der Waals surface area contributed by atoms with Crippen LogP contribution in [0.25, 0.3) is 11.3 Å². The van der Waals surface area contributed by atoms with E-state index < -0.39 is 10.8 Å². The van der Waals surface area contributed by atoms with Crippen LogP contribution in [0, 0.1) is 10.1 Å². The molecule has 0 saturated heterocycles. The fourth-order valence-corrected chi connectivity index (χ4v) is 2.67. The lowest BCUT2D eigenvalue weighted by Crippen LogP contribution is -2.23. The summed E-state index contributed by atoms with van der Waals surface area (Å²) >= 11 is 5.77. The number of nitro benzene ring substituents is 1. The summed E-state index contributed by atoms with van der Waals surface area (Å²) in [6.45, 7) is 0.140. The van der Waals surface area contributed by atoms with E-state index in [0.29, 0.717) is 11.4 Å². The first-order valence-corrected chi connectivity index (χ1v) is 8.53. The van der Waals surface area contributed by atoms with Crippen molar-refractivity contribution >= 4 is 23.2 Å². The van der Waals surface area contributed by atoms with Gasteiger partial charge >= 0.3 is 0 Å². The molecule has 3 rings (SSSR count). The summed E-state index contributed by atoms with van der Waals surface area (Å²) in [5.74, 6) is 0.270. The molecule has 0 bridgehead atoms. The Morgan fingerprint density at radius 3 is 2.61 bits per heavy atom. The molecule has 1 N–H and O–H groups in total. The Labute approximate surface area is 165 Å². The van der Waals surface area contributed by atoms with E-state index in [0.717, 1.165) is 17.4 Å². The lowest BCUT2D eigenvalue weighted by molar-refractivity contribution is -0.384. The Morgan fingerprint density at radius 1 is 1.18 bits per heavy atom. The molecular formula is C19H15ClN4O4. The molecule has 0 fully saturated rings. The maximum Gasteiger partial charge on any atom is 0.288 e. The van der Waals surface area contributed by atoms with Crippen molar-refractivity contribution in [2.75, 3.05) is 7.11 Å². The predicted molar refractivity (Wildman–Crippen MR) is 103 cm³/mol. The van der Waals surface area contributed by atoms with Crippen molar-refractivity contribution in [3.8, 4) is 17.0 Å². The quantitative estimate of drug-likeness (QED) is 0.501. The molecule has 8 nitrogen and oxygen atoms in total. The summed E-state index contributed by atoms with van der Waals surface area (Å²) in [5, 5.41) is 13.6. The number of nitrogens with zero attached hydrogens (tertiary/aromatic N) is 3. The molecule has 0 atom stereocenters. The first-order chi connectivity index (χ1) is 13.5. The summed E-state index contributed by atoms with van der Waals surface area (Å²) in [6.07, 6.45) is 1.41. The molecule has 2 aromatic carbocycles. The molecule has 0 aliphatic heterocycles. The van der Waals surface area contributed by atoms with Gasteiger partial charge in [-0.3, -0.25) is 14.9 Å². The number of halogens is 1. The summed E-state index contributed by atoms with van der Waals surface area (Å²) in [7, 11) is 1.59. The Hall–Kier alpha value is -3.52. The zero-order valence-corrected chi connectivity index (χ0v) is 15.5. The zero-order valence-electron chi connectivity index (χ0n) is 14.8. The van der Waals surface area contributed by atoms with Crippen molar-refractivity contribution in [3.05, 3.63) is 81.3 Å². The van der Waals surface area contributed by atoms with Gasteiger partial charge in [0.25, 0.3) is 11.6 Å². The van der Waals surface area contributed by atoms with E-state index in [1.165, 1.54) is 18.5 Å². The third-order valence-electron chi connectivity index (χ3n) is 3.94. The van der Waals surface area contributed by atoms with Crippen LogP contribution in [0.4, 0.5) is 5.69 Å². The summed E-state index contributed by atoms with van der Waals surface area (Å²) < 4.78 is 5.14. The van der Waals surface area contributed by atoms with Crippen molar-refractivity contribution in [1.29, 1.82) is 0 Å². The number of carbonyl (C=O) groups is 1. The monoisotopic (exact) mass is 398 g/mol. The van der Waals surface area contributed by atoms with E-state index in [1.807, 2.05) is 24.3 Å². The average molecular weight is 399 g/mol. The minimum Gasteiger partial charge on any atom is -0.497 e. The van der Waals surface area contributed by atoms with Crippen molar-refractivity contribution in [3.63, 3.8) is 0 Å². The Kier molecular flexibility index (Phi) is 5.81. The van der Waals surface area contributed by atoms with Crippen LogP contribution in [0.1, 0.15) is 16.1 Å². The third kappa shape index (κ3) is 4.41. The maximum atomic E-state index is 12.3. The van der Waals surface area contributed by atoms with Gasteiger partial charge in [-0.1, -0.05) is 11.6 Å². The van der Waals surface area contributed by atoms with Gasteiger partial charge in [0.2, 0.25) is 0 Å². The first kappa shape index (κ1) is 19.2. The van der Waals surface area contributed by atoms with E-state index in [2.05, 4.69) is 15.3 Å². The van der Waals surface area contributed by atoms with Gasteiger partial charge in [-0.2, -0.15) is 0 Å². The van der Waals surface area contributed by atoms with Crippen LogP contribution in [0.5, 0.6) is 5.75 Å². The van der Waals surface area contributed by atoms with Gasteiger partial charge in [0.1, 0.15) is 17.1 Å². The second-order valence-electron chi connectivity index (χ2n) is 5.73. The summed E-state index contributed by atoms with van der Waals surface area (Å²) in [6, 6.07) is 13.0. The van der Waals surface area contributed by atoms with Crippen LogP contribution in [0.15, 0.2) is 54.9 Å². The molecule has 1 aromatic heterocycles. The Morgan fingerprint density at radius 2 is 1.93 bits per heavy atom. The van der Waals surface area contributed by atoms with Gasteiger partial charge in [-0.05, 0) is 42.5 Å². The van der Waals surface area contributed by atoms with Gasteiger partial charge in [-0.25, -0.2) is 9.97 Å². The molecule has 142 valence electrons. The van der Waals surface area contributed by atoms with Gasteiger partial charge in [-0.15, -0.1) is 0 Å². The van der Waals surface area contributed by atoms with Crippen LogP contribution in [0.3, 0.4) is 0 Å². The highest BCUT2D eigenvalue weighted by molar-refractivity contribution is 6.32. The van der Waals surface area contributed by atoms with Crippen LogP contribution < -0.4 is 10.1 Å². The first-order valence-electron chi connectivity index (χ1n) is 8.15. The summed E-state index contributed by atoms with van der Waals surface area (Å²) in [4.78, 5) is 31.0. The van der Waals surface area contributed by atoms with Gasteiger partial charge in [0, 0.05) is 17.2 Å². The Bertz CT molecular complexity index is 1020. The third-order valence-corrected chi connectivity index (χ3v) is 4.26. The SMILES string of the molecule is COc1ccc(-c2cc(CNC(=O)c3ccc(Cl)c([N+](=O)[O-])c3)ncn2)cc1. The number of aromatic nitrogens is 2. The number of hydrogen-bond acceptors (Lipinski definition) is 6. The van der Waals surface area contributed by atoms with Crippen LogP contribution in [-0.2, 0) is 6.54 Å². The number of benzene rings is 2. The maximum absolute atomic E-state index is 12.3. The standard InChI is InChI=1S/C19H15ClN4O4/c1-28-15-5-2-12(3-6-15)17-9-14(22-11-23-17)10-21-19(25)13-4-7-16(20)18(8-13)24(26)27/h2-9,11H,10H2,1H3,(H,21,25). The molecule has 0 aliphatic rings. The highest BCUT2D eigenvalue weighted by Gasteiger charge is 2.16. The molecule has 0 saturated carbocycles. The largest absolute Gasteiger partial charge is 0.497 e. The number of nitrogens with one attached hydrogen (secondary N) is 1. The van der Waals surface area contributed by atoms with Crippen molar-refractivity contribution in [2.45, 2.75) is 6.54 Å². The summed E-state index contributed by atoms with van der Waals surface area (Å²) in [5.41, 5.74) is 1.99. The lowest BCUT2D eigenvalue weighted by Gasteiger charge is -2.07. The molecule has 1 amide bonds. The van der Waals surface area contributed by atoms with Gasteiger partial charge < -0.3 is 10.1 Å². The highest BCUT2D eigenvalue weighted by atomic mass is 35.5. The fraction of sp³-hybridized carbons (Fsp3) is 0.105. The minimum absolute atomic E-state index is 0.0264. The van der Waals surface area contributed by atoms with Crippen LogP contribution in [0.2, 0.25) is 5.02 Å².